The number of ether oxygens (including phenoxy) is 1. The first kappa shape index (κ1) is 15.4. The summed E-state index contributed by atoms with van der Waals surface area (Å²) in [5.74, 6) is 1.89. The standard InChI is InChI=1S/C18H29NO/c1-4-19-17(8-5-14(2)3)9-6-15-7-10-18-16(13-15)11-12-20-18/h7,10,13-14,17,19H,4-6,8-9,11-12H2,1-3H3. The summed E-state index contributed by atoms with van der Waals surface area (Å²) in [4.78, 5) is 0. The van der Waals surface area contributed by atoms with Gasteiger partial charge in [0.25, 0.3) is 0 Å². The van der Waals surface area contributed by atoms with Crippen molar-refractivity contribution in [1.29, 1.82) is 0 Å². The summed E-state index contributed by atoms with van der Waals surface area (Å²) in [6.45, 7) is 8.75. The highest BCUT2D eigenvalue weighted by atomic mass is 16.5. The molecule has 0 saturated carbocycles. The fraction of sp³-hybridized carbons (Fsp3) is 0.667. The molecule has 112 valence electrons. The Balaban J connectivity index is 1.85. The van der Waals surface area contributed by atoms with Gasteiger partial charge in [-0.25, -0.2) is 0 Å². The summed E-state index contributed by atoms with van der Waals surface area (Å²) in [5.41, 5.74) is 2.85. The van der Waals surface area contributed by atoms with Gasteiger partial charge in [0.05, 0.1) is 6.61 Å². The van der Waals surface area contributed by atoms with E-state index in [2.05, 4.69) is 44.3 Å². The third-order valence-electron chi connectivity index (χ3n) is 4.12. The van der Waals surface area contributed by atoms with Gasteiger partial charge in [0.15, 0.2) is 0 Å². The summed E-state index contributed by atoms with van der Waals surface area (Å²) >= 11 is 0. The summed E-state index contributed by atoms with van der Waals surface area (Å²) in [6.07, 6.45) is 6.09. The Kier molecular flexibility index (Phi) is 5.90. The van der Waals surface area contributed by atoms with Gasteiger partial charge < -0.3 is 10.1 Å². The molecule has 0 aliphatic carbocycles. The van der Waals surface area contributed by atoms with Crippen LogP contribution in [0.25, 0.3) is 0 Å². The molecular weight excluding hydrogens is 246 g/mol. The lowest BCUT2D eigenvalue weighted by Gasteiger charge is -2.19. The van der Waals surface area contributed by atoms with Crippen LogP contribution in [0.4, 0.5) is 0 Å². The molecule has 1 heterocycles. The van der Waals surface area contributed by atoms with E-state index in [4.69, 9.17) is 4.74 Å². The maximum atomic E-state index is 5.57. The van der Waals surface area contributed by atoms with E-state index < -0.39 is 0 Å². The second-order valence-corrected chi connectivity index (χ2v) is 6.31. The van der Waals surface area contributed by atoms with Gasteiger partial charge >= 0.3 is 0 Å². The van der Waals surface area contributed by atoms with Crippen LogP contribution in [0, 0.1) is 5.92 Å². The van der Waals surface area contributed by atoms with Crippen LogP contribution < -0.4 is 10.1 Å². The van der Waals surface area contributed by atoms with Gasteiger partial charge in [-0.15, -0.1) is 0 Å². The number of hydrogen-bond acceptors (Lipinski definition) is 2. The highest BCUT2D eigenvalue weighted by Crippen LogP contribution is 2.26. The van der Waals surface area contributed by atoms with Crippen LogP contribution in [0.5, 0.6) is 5.75 Å². The van der Waals surface area contributed by atoms with Crippen molar-refractivity contribution in [2.24, 2.45) is 5.92 Å². The summed E-state index contributed by atoms with van der Waals surface area (Å²) in [5, 5.41) is 3.64. The fourth-order valence-corrected chi connectivity index (χ4v) is 2.91. The van der Waals surface area contributed by atoms with E-state index in [0.29, 0.717) is 6.04 Å². The molecule has 2 rings (SSSR count). The minimum atomic E-state index is 0.659. The van der Waals surface area contributed by atoms with E-state index in [1.807, 2.05) is 0 Å². The van der Waals surface area contributed by atoms with Gasteiger partial charge in [-0.1, -0.05) is 32.9 Å². The molecule has 1 unspecified atom stereocenters. The molecule has 1 N–H and O–H groups in total. The Hall–Kier alpha value is -1.02. The third-order valence-corrected chi connectivity index (χ3v) is 4.12. The molecule has 2 heteroatoms. The van der Waals surface area contributed by atoms with Gasteiger partial charge in [-0.3, -0.25) is 0 Å². The number of nitrogens with one attached hydrogen (secondary N) is 1. The van der Waals surface area contributed by atoms with Crippen LogP contribution in [0.3, 0.4) is 0 Å². The second kappa shape index (κ2) is 7.68. The topological polar surface area (TPSA) is 21.3 Å². The van der Waals surface area contributed by atoms with Crippen molar-refractivity contribution in [1.82, 2.24) is 5.32 Å². The highest BCUT2D eigenvalue weighted by Gasteiger charge is 2.13. The second-order valence-electron chi connectivity index (χ2n) is 6.31. The Morgan fingerprint density at radius 2 is 2.05 bits per heavy atom. The molecule has 0 radical (unpaired) electrons. The zero-order chi connectivity index (χ0) is 14.4. The molecule has 1 aliphatic rings. The van der Waals surface area contributed by atoms with Gasteiger partial charge in [0, 0.05) is 12.5 Å². The molecule has 1 aromatic carbocycles. The summed E-state index contributed by atoms with van der Waals surface area (Å²) < 4.78 is 5.57. The van der Waals surface area contributed by atoms with Crippen LogP contribution in [-0.4, -0.2) is 19.2 Å². The molecule has 0 fully saturated rings. The van der Waals surface area contributed by atoms with Crippen LogP contribution >= 0.6 is 0 Å². The minimum Gasteiger partial charge on any atom is -0.493 e. The van der Waals surface area contributed by atoms with E-state index in [1.165, 1.54) is 36.8 Å². The summed E-state index contributed by atoms with van der Waals surface area (Å²) in [6, 6.07) is 7.38. The van der Waals surface area contributed by atoms with Crippen LogP contribution in [0.1, 0.15) is 51.2 Å². The molecule has 0 bridgehead atoms. The normalized spacial score (nSPS) is 15.2. The van der Waals surface area contributed by atoms with Crippen molar-refractivity contribution < 1.29 is 4.74 Å². The van der Waals surface area contributed by atoms with E-state index in [9.17, 15) is 0 Å². The van der Waals surface area contributed by atoms with Crippen LogP contribution in [0.2, 0.25) is 0 Å². The lowest BCUT2D eigenvalue weighted by Crippen LogP contribution is -2.29. The molecular formula is C18H29NO. The molecule has 1 aromatic rings. The Morgan fingerprint density at radius 1 is 1.20 bits per heavy atom. The van der Waals surface area contributed by atoms with E-state index in [0.717, 1.165) is 31.2 Å². The predicted octanol–water partition coefficient (Wildman–Crippen LogP) is 3.97. The van der Waals surface area contributed by atoms with Crippen molar-refractivity contribution in [3.63, 3.8) is 0 Å². The maximum absolute atomic E-state index is 5.57. The SMILES string of the molecule is CCNC(CCc1ccc2c(c1)CCO2)CCC(C)C. The molecule has 0 amide bonds. The van der Waals surface area contributed by atoms with Crippen LogP contribution in [-0.2, 0) is 12.8 Å². The number of aryl methyl sites for hydroxylation is 1. The molecule has 1 aliphatic heterocycles. The van der Waals surface area contributed by atoms with Gasteiger partial charge in [0.1, 0.15) is 5.75 Å². The zero-order valence-electron chi connectivity index (χ0n) is 13.2. The van der Waals surface area contributed by atoms with Crippen molar-refractivity contribution in [2.75, 3.05) is 13.2 Å². The molecule has 1 atom stereocenters. The first-order chi connectivity index (χ1) is 9.69. The molecule has 2 nitrogen and oxygen atoms in total. The van der Waals surface area contributed by atoms with Crippen molar-refractivity contribution in [3.8, 4) is 5.75 Å². The average Bonchev–Trinajstić information content (AvgIpc) is 2.89. The van der Waals surface area contributed by atoms with E-state index >= 15 is 0 Å². The molecule has 0 spiro atoms. The molecule has 0 saturated heterocycles. The van der Waals surface area contributed by atoms with Crippen molar-refractivity contribution in [2.45, 2.75) is 58.9 Å². The number of hydrogen-bond donors (Lipinski definition) is 1. The Morgan fingerprint density at radius 3 is 2.80 bits per heavy atom. The molecule has 20 heavy (non-hydrogen) atoms. The monoisotopic (exact) mass is 275 g/mol. The Labute approximate surface area is 123 Å². The third kappa shape index (κ3) is 4.52. The van der Waals surface area contributed by atoms with E-state index in [-0.39, 0.29) is 0 Å². The van der Waals surface area contributed by atoms with Gasteiger partial charge in [0.2, 0.25) is 0 Å². The fourth-order valence-electron chi connectivity index (χ4n) is 2.91. The van der Waals surface area contributed by atoms with Crippen LogP contribution in [0.15, 0.2) is 18.2 Å². The largest absolute Gasteiger partial charge is 0.493 e. The lowest BCUT2D eigenvalue weighted by molar-refractivity contribution is 0.357. The first-order valence-electron chi connectivity index (χ1n) is 8.17. The quantitative estimate of drug-likeness (QED) is 0.775. The predicted molar refractivity (Wildman–Crippen MR) is 85.5 cm³/mol. The lowest BCUT2D eigenvalue weighted by atomic mass is 9.97. The smallest absolute Gasteiger partial charge is 0.122 e. The maximum Gasteiger partial charge on any atom is 0.122 e. The summed E-state index contributed by atoms with van der Waals surface area (Å²) in [7, 11) is 0. The van der Waals surface area contributed by atoms with Crippen molar-refractivity contribution in [3.05, 3.63) is 29.3 Å². The van der Waals surface area contributed by atoms with Gasteiger partial charge in [-0.05, 0) is 55.3 Å². The average molecular weight is 275 g/mol. The minimum absolute atomic E-state index is 0.659. The number of fused-ring (bicyclic) bond motifs is 1. The van der Waals surface area contributed by atoms with E-state index in [1.54, 1.807) is 0 Å². The highest BCUT2D eigenvalue weighted by molar-refractivity contribution is 5.39. The van der Waals surface area contributed by atoms with Crippen molar-refractivity contribution >= 4 is 0 Å². The Bertz CT molecular complexity index is 414. The number of rotatable bonds is 8. The van der Waals surface area contributed by atoms with Gasteiger partial charge in [-0.2, -0.15) is 0 Å². The zero-order valence-corrected chi connectivity index (χ0v) is 13.2. The first-order valence-corrected chi connectivity index (χ1v) is 8.17. The molecule has 0 aromatic heterocycles. The number of benzene rings is 1.